The van der Waals surface area contributed by atoms with Gasteiger partial charge in [-0.3, -0.25) is 4.79 Å². The molecule has 1 aliphatic heterocycles. The maximum absolute atomic E-state index is 11.2. The summed E-state index contributed by atoms with van der Waals surface area (Å²) < 4.78 is 1.94. The number of hydrogen-bond acceptors (Lipinski definition) is 4. The number of Topliss-reactive ketones (excluding diaryl/α,β-unsaturated/α-hetero) is 1. The molecule has 5 heteroatoms. The van der Waals surface area contributed by atoms with E-state index in [4.69, 9.17) is 0 Å². The van der Waals surface area contributed by atoms with Gasteiger partial charge in [-0.05, 0) is 12.1 Å². The lowest BCUT2D eigenvalue weighted by Crippen LogP contribution is -2.36. The molecule has 0 aliphatic carbocycles. The largest absolute Gasteiger partial charge is 0.301 e. The standard InChI is InChI=1S/C13H16N4O/c18-11-5-7-16(8-6-11)9-10-17-13-4-2-1-3-12(13)14-15-17/h1-4H,5-10H2. The zero-order valence-corrected chi connectivity index (χ0v) is 10.2. The van der Waals surface area contributed by atoms with E-state index in [-0.39, 0.29) is 0 Å². The molecular weight excluding hydrogens is 228 g/mol. The fourth-order valence-corrected chi connectivity index (χ4v) is 2.34. The smallest absolute Gasteiger partial charge is 0.135 e. The summed E-state index contributed by atoms with van der Waals surface area (Å²) in [5.41, 5.74) is 2.01. The van der Waals surface area contributed by atoms with Crippen molar-refractivity contribution in [2.45, 2.75) is 19.4 Å². The molecule has 18 heavy (non-hydrogen) atoms. The predicted molar refractivity (Wildman–Crippen MR) is 68.2 cm³/mol. The summed E-state index contributed by atoms with van der Waals surface area (Å²) in [6.45, 7) is 3.52. The Bertz CT molecular complexity index is 553. The van der Waals surface area contributed by atoms with Gasteiger partial charge in [-0.15, -0.1) is 5.10 Å². The second-order valence-corrected chi connectivity index (χ2v) is 4.68. The van der Waals surface area contributed by atoms with Crippen molar-refractivity contribution in [3.63, 3.8) is 0 Å². The summed E-state index contributed by atoms with van der Waals surface area (Å²) in [6, 6.07) is 7.98. The summed E-state index contributed by atoms with van der Waals surface area (Å²) in [4.78, 5) is 13.5. The summed E-state index contributed by atoms with van der Waals surface area (Å²) >= 11 is 0. The number of benzene rings is 1. The van der Waals surface area contributed by atoms with Crippen molar-refractivity contribution in [1.29, 1.82) is 0 Å². The van der Waals surface area contributed by atoms with E-state index >= 15 is 0 Å². The van der Waals surface area contributed by atoms with Crippen LogP contribution in [0.3, 0.4) is 0 Å². The second kappa shape index (κ2) is 4.86. The second-order valence-electron chi connectivity index (χ2n) is 4.68. The van der Waals surface area contributed by atoms with Gasteiger partial charge in [0.1, 0.15) is 11.3 Å². The molecule has 1 fully saturated rings. The lowest BCUT2D eigenvalue weighted by atomic mass is 10.1. The molecule has 1 aromatic carbocycles. The minimum absolute atomic E-state index is 0.387. The number of aromatic nitrogens is 3. The van der Waals surface area contributed by atoms with Crippen molar-refractivity contribution < 1.29 is 4.79 Å². The number of hydrogen-bond donors (Lipinski definition) is 0. The summed E-state index contributed by atoms with van der Waals surface area (Å²) in [7, 11) is 0. The van der Waals surface area contributed by atoms with Crippen molar-refractivity contribution in [2.24, 2.45) is 0 Å². The molecule has 5 nitrogen and oxygen atoms in total. The molecule has 0 unspecified atom stereocenters. The SMILES string of the molecule is O=C1CCN(CCn2nnc3ccccc32)CC1. The molecule has 1 saturated heterocycles. The van der Waals surface area contributed by atoms with Crippen LogP contribution in [-0.2, 0) is 11.3 Å². The number of nitrogens with zero attached hydrogens (tertiary/aromatic N) is 4. The Morgan fingerprint density at radius 3 is 2.72 bits per heavy atom. The van der Waals surface area contributed by atoms with Crippen LogP contribution in [-0.4, -0.2) is 45.3 Å². The highest BCUT2D eigenvalue weighted by molar-refractivity contribution is 5.79. The Hall–Kier alpha value is -1.75. The number of fused-ring (bicyclic) bond motifs is 1. The molecule has 94 valence electrons. The van der Waals surface area contributed by atoms with E-state index in [0.29, 0.717) is 18.6 Å². The first-order valence-electron chi connectivity index (χ1n) is 6.35. The Morgan fingerprint density at radius 2 is 1.89 bits per heavy atom. The first-order chi connectivity index (χ1) is 8.83. The van der Waals surface area contributed by atoms with Crippen molar-refractivity contribution in [3.05, 3.63) is 24.3 Å². The monoisotopic (exact) mass is 244 g/mol. The molecule has 0 atom stereocenters. The molecule has 0 N–H and O–H groups in total. The first-order valence-corrected chi connectivity index (χ1v) is 6.35. The van der Waals surface area contributed by atoms with Gasteiger partial charge in [-0.2, -0.15) is 0 Å². The van der Waals surface area contributed by atoms with Crippen LogP contribution in [0.25, 0.3) is 11.0 Å². The third-order valence-electron chi connectivity index (χ3n) is 3.46. The third kappa shape index (κ3) is 2.26. The molecule has 0 bridgehead atoms. The van der Waals surface area contributed by atoms with Gasteiger partial charge in [0.25, 0.3) is 0 Å². The van der Waals surface area contributed by atoms with Crippen molar-refractivity contribution in [1.82, 2.24) is 19.9 Å². The fraction of sp³-hybridized carbons (Fsp3) is 0.462. The van der Waals surface area contributed by atoms with Crippen LogP contribution in [0.2, 0.25) is 0 Å². The Balaban J connectivity index is 1.64. The highest BCUT2D eigenvalue weighted by atomic mass is 16.1. The van der Waals surface area contributed by atoms with Crippen LogP contribution in [0.1, 0.15) is 12.8 Å². The van der Waals surface area contributed by atoms with Gasteiger partial charge in [-0.25, -0.2) is 4.68 Å². The van der Waals surface area contributed by atoms with Gasteiger partial charge >= 0.3 is 0 Å². The first kappa shape index (κ1) is 11.3. The van der Waals surface area contributed by atoms with Crippen molar-refractivity contribution in [2.75, 3.05) is 19.6 Å². The van der Waals surface area contributed by atoms with Gasteiger partial charge in [0.2, 0.25) is 0 Å². The van der Waals surface area contributed by atoms with E-state index in [2.05, 4.69) is 15.2 Å². The van der Waals surface area contributed by atoms with Gasteiger partial charge in [0, 0.05) is 32.5 Å². The molecule has 2 aromatic rings. The molecule has 1 aromatic heterocycles. The average molecular weight is 244 g/mol. The Kier molecular flexibility index (Phi) is 3.06. The van der Waals surface area contributed by atoms with E-state index < -0.39 is 0 Å². The van der Waals surface area contributed by atoms with Gasteiger partial charge in [0.05, 0.1) is 12.1 Å². The minimum Gasteiger partial charge on any atom is -0.301 e. The number of carbonyl (C=O) groups is 1. The third-order valence-corrected chi connectivity index (χ3v) is 3.46. The van der Waals surface area contributed by atoms with Gasteiger partial charge in [0.15, 0.2) is 0 Å². The quantitative estimate of drug-likeness (QED) is 0.811. The van der Waals surface area contributed by atoms with Crippen LogP contribution >= 0.6 is 0 Å². The van der Waals surface area contributed by atoms with E-state index in [0.717, 1.165) is 37.2 Å². The molecule has 2 heterocycles. The van der Waals surface area contributed by atoms with E-state index in [1.807, 2.05) is 28.9 Å². The normalized spacial score (nSPS) is 17.4. The van der Waals surface area contributed by atoms with Gasteiger partial charge in [-0.1, -0.05) is 17.3 Å². The highest BCUT2D eigenvalue weighted by Crippen LogP contribution is 2.10. The van der Waals surface area contributed by atoms with Crippen LogP contribution in [0.5, 0.6) is 0 Å². The number of piperidine rings is 1. The molecular formula is C13H16N4O. The van der Waals surface area contributed by atoms with E-state index in [1.165, 1.54) is 0 Å². The average Bonchev–Trinajstić information content (AvgIpc) is 2.82. The number of rotatable bonds is 3. The molecule has 3 rings (SSSR count). The molecule has 1 aliphatic rings. The molecule has 0 spiro atoms. The van der Waals surface area contributed by atoms with Crippen molar-refractivity contribution >= 4 is 16.8 Å². The van der Waals surface area contributed by atoms with Crippen LogP contribution in [0.15, 0.2) is 24.3 Å². The Morgan fingerprint density at radius 1 is 1.11 bits per heavy atom. The van der Waals surface area contributed by atoms with Crippen LogP contribution < -0.4 is 0 Å². The van der Waals surface area contributed by atoms with E-state index in [9.17, 15) is 4.79 Å². The molecule has 0 radical (unpaired) electrons. The predicted octanol–water partition coefficient (Wildman–Crippen LogP) is 1.10. The maximum atomic E-state index is 11.2. The number of likely N-dealkylation sites (tertiary alicyclic amines) is 1. The maximum Gasteiger partial charge on any atom is 0.135 e. The lowest BCUT2D eigenvalue weighted by molar-refractivity contribution is -0.121. The highest BCUT2D eigenvalue weighted by Gasteiger charge is 2.16. The topological polar surface area (TPSA) is 51.0 Å². The fourth-order valence-electron chi connectivity index (χ4n) is 2.34. The molecule has 0 saturated carbocycles. The van der Waals surface area contributed by atoms with Crippen LogP contribution in [0.4, 0.5) is 0 Å². The van der Waals surface area contributed by atoms with Crippen molar-refractivity contribution in [3.8, 4) is 0 Å². The summed E-state index contributed by atoms with van der Waals surface area (Å²) in [5.74, 6) is 0.387. The van der Waals surface area contributed by atoms with Crippen LogP contribution in [0, 0.1) is 0 Å². The summed E-state index contributed by atoms with van der Waals surface area (Å²) in [6.07, 6.45) is 1.39. The number of carbonyl (C=O) groups excluding carboxylic acids is 1. The zero-order chi connectivity index (χ0) is 12.4. The number of para-hydroxylation sites is 1. The minimum atomic E-state index is 0.387. The Labute approximate surface area is 105 Å². The summed E-state index contributed by atoms with van der Waals surface area (Å²) in [5, 5.41) is 8.30. The zero-order valence-electron chi connectivity index (χ0n) is 10.2. The molecule has 0 amide bonds. The lowest BCUT2D eigenvalue weighted by Gasteiger charge is -2.25. The van der Waals surface area contributed by atoms with Gasteiger partial charge < -0.3 is 4.90 Å². The number of ketones is 1. The van der Waals surface area contributed by atoms with E-state index in [1.54, 1.807) is 0 Å².